The molecule has 1 aromatic heterocycles. The molecule has 1 aliphatic heterocycles. The third-order valence-corrected chi connectivity index (χ3v) is 3.44. The second-order valence-electron chi connectivity index (χ2n) is 5.38. The number of carbonyl (C=O) groups excluding carboxylic acids is 1. The Balaban J connectivity index is 1.90. The fourth-order valence-corrected chi connectivity index (χ4v) is 2.30. The van der Waals surface area contributed by atoms with Crippen LogP contribution in [0.4, 0.5) is 11.4 Å². The summed E-state index contributed by atoms with van der Waals surface area (Å²) in [6.45, 7) is 4.58. The first-order valence-corrected chi connectivity index (χ1v) is 6.91. The summed E-state index contributed by atoms with van der Waals surface area (Å²) in [6.07, 6.45) is 1.92. The fraction of sp³-hybridized carbons (Fsp3) is 0.333. The number of hydrogen-bond acceptors (Lipinski definition) is 4. The van der Waals surface area contributed by atoms with Gasteiger partial charge in [-0.05, 0) is 38.1 Å². The first-order chi connectivity index (χ1) is 10.0. The number of aromatic nitrogens is 2. The maximum absolute atomic E-state index is 12.1. The third kappa shape index (κ3) is 2.56. The van der Waals surface area contributed by atoms with Crippen LogP contribution in [0.15, 0.2) is 30.5 Å². The van der Waals surface area contributed by atoms with Gasteiger partial charge in [0.2, 0.25) is 0 Å². The molecule has 0 aliphatic carbocycles. The molecule has 6 heteroatoms. The van der Waals surface area contributed by atoms with E-state index in [1.807, 2.05) is 16.9 Å². The minimum Gasteiger partial charge on any atom is -0.482 e. The van der Waals surface area contributed by atoms with E-state index in [4.69, 9.17) is 10.5 Å². The summed E-state index contributed by atoms with van der Waals surface area (Å²) in [6, 6.07) is 7.53. The molecule has 1 aromatic carbocycles. The van der Waals surface area contributed by atoms with Crippen molar-refractivity contribution < 1.29 is 9.53 Å². The summed E-state index contributed by atoms with van der Waals surface area (Å²) < 4.78 is 7.31. The fourth-order valence-electron chi connectivity index (χ4n) is 2.30. The molecule has 0 saturated heterocycles. The summed E-state index contributed by atoms with van der Waals surface area (Å²) in [5, 5.41) is 4.48. The Morgan fingerprint density at radius 1 is 1.38 bits per heavy atom. The lowest BCUT2D eigenvalue weighted by atomic mass is 10.2. The lowest BCUT2D eigenvalue weighted by Gasteiger charge is -2.29. The smallest absolute Gasteiger partial charge is 0.265 e. The topological polar surface area (TPSA) is 73.4 Å². The molecule has 2 heterocycles. The largest absolute Gasteiger partial charge is 0.482 e. The Bertz CT molecular complexity index is 678. The molecule has 0 atom stereocenters. The molecule has 0 unspecified atom stereocenters. The van der Waals surface area contributed by atoms with Gasteiger partial charge in [-0.1, -0.05) is 0 Å². The van der Waals surface area contributed by atoms with Crippen LogP contribution in [-0.4, -0.2) is 22.3 Å². The normalized spacial score (nSPS) is 14.2. The molecular weight excluding hydrogens is 268 g/mol. The number of fused-ring (bicyclic) bond motifs is 1. The van der Waals surface area contributed by atoms with Crippen molar-refractivity contribution in [2.24, 2.45) is 0 Å². The number of nitrogens with zero attached hydrogens (tertiary/aromatic N) is 3. The number of nitrogen functional groups attached to an aromatic ring is 1. The van der Waals surface area contributed by atoms with Crippen molar-refractivity contribution in [3.63, 3.8) is 0 Å². The van der Waals surface area contributed by atoms with Crippen molar-refractivity contribution in [3.8, 4) is 5.75 Å². The lowest BCUT2D eigenvalue weighted by molar-refractivity contribution is -0.121. The van der Waals surface area contributed by atoms with E-state index in [9.17, 15) is 4.79 Å². The van der Waals surface area contributed by atoms with Gasteiger partial charge < -0.3 is 10.5 Å². The summed E-state index contributed by atoms with van der Waals surface area (Å²) in [4.78, 5) is 13.8. The number of ether oxygens (including phenoxy) is 1. The van der Waals surface area contributed by atoms with Gasteiger partial charge in [0.25, 0.3) is 5.91 Å². The molecule has 2 aromatic rings. The Kier molecular flexibility index (Phi) is 3.29. The number of rotatable bonds is 3. The van der Waals surface area contributed by atoms with Crippen LogP contribution in [0.3, 0.4) is 0 Å². The van der Waals surface area contributed by atoms with Crippen molar-refractivity contribution in [1.82, 2.24) is 9.78 Å². The molecule has 6 nitrogen and oxygen atoms in total. The first-order valence-electron chi connectivity index (χ1n) is 6.91. The molecule has 0 spiro atoms. The molecule has 0 fully saturated rings. The van der Waals surface area contributed by atoms with Gasteiger partial charge in [0.05, 0.1) is 17.9 Å². The highest BCUT2D eigenvalue weighted by Crippen LogP contribution is 2.34. The molecule has 1 amide bonds. The zero-order chi connectivity index (χ0) is 15.0. The van der Waals surface area contributed by atoms with E-state index < -0.39 is 0 Å². The minimum absolute atomic E-state index is 0.0435. The summed E-state index contributed by atoms with van der Waals surface area (Å²) in [5.41, 5.74) is 7.95. The minimum atomic E-state index is -0.0906. The van der Waals surface area contributed by atoms with Crippen LogP contribution in [0.5, 0.6) is 5.75 Å². The molecule has 0 saturated carbocycles. The lowest BCUT2D eigenvalue weighted by Crippen LogP contribution is -2.38. The number of nitrogens with two attached hydrogens (primary N) is 1. The number of anilines is 2. The van der Waals surface area contributed by atoms with Crippen LogP contribution >= 0.6 is 0 Å². The molecule has 2 N–H and O–H groups in total. The Hall–Kier alpha value is -2.50. The van der Waals surface area contributed by atoms with Gasteiger partial charge >= 0.3 is 0 Å². The molecule has 0 bridgehead atoms. The SMILES string of the molecule is CC(C)n1ccc(CN2C(=O)COc3ccc(N)cc32)n1. The molecule has 21 heavy (non-hydrogen) atoms. The van der Waals surface area contributed by atoms with Gasteiger partial charge in [0.15, 0.2) is 6.61 Å². The number of carbonyl (C=O) groups is 1. The van der Waals surface area contributed by atoms with Gasteiger partial charge in [0.1, 0.15) is 5.75 Å². The summed E-state index contributed by atoms with van der Waals surface area (Å²) in [7, 11) is 0. The number of benzene rings is 1. The van der Waals surface area contributed by atoms with E-state index in [1.165, 1.54) is 0 Å². The molecule has 3 rings (SSSR count). The zero-order valence-corrected chi connectivity index (χ0v) is 12.1. The Morgan fingerprint density at radius 2 is 2.19 bits per heavy atom. The van der Waals surface area contributed by atoms with Crippen molar-refractivity contribution in [3.05, 3.63) is 36.2 Å². The molecule has 110 valence electrons. The predicted octanol–water partition coefficient (Wildman–Crippen LogP) is 1.97. The van der Waals surface area contributed by atoms with Crippen LogP contribution in [0.1, 0.15) is 25.6 Å². The van der Waals surface area contributed by atoms with Crippen LogP contribution < -0.4 is 15.4 Å². The average molecular weight is 286 g/mol. The van der Waals surface area contributed by atoms with E-state index in [1.54, 1.807) is 23.1 Å². The van der Waals surface area contributed by atoms with Crippen molar-refractivity contribution >= 4 is 17.3 Å². The van der Waals surface area contributed by atoms with Gasteiger partial charge in [-0.15, -0.1) is 0 Å². The third-order valence-electron chi connectivity index (χ3n) is 3.44. The maximum atomic E-state index is 12.1. The second kappa shape index (κ2) is 5.12. The van der Waals surface area contributed by atoms with E-state index in [0.717, 1.165) is 5.69 Å². The Labute approximate surface area is 123 Å². The summed E-state index contributed by atoms with van der Waals surface area (Å²) >= 11 is 0. The predicted molar refractivity (Wildman–Crippen MR) is 80.2 cm³/mol. The highest BCUT2D eigenvalue weighted by atomic mass is 16.5. The van der Waals surface area contributed by atoms with Crippen molar-refractivity contribution in [1.29, 1.82) is 0 Å². The van der Waals surface area contributed by atoms with E-state index in [0.29, 0.717) is 29.7 Å². The summed E-state index contributed by atoms with van der Waals surface area (Å²) in [5.74, 6) is 0.583. The maximum Gasteiger partial charge on any atom is 0.265 e. The van der Waals surface area contributed by atoms with Crippen LogP contribution in [0.25, 0.3) is 0 Å². The van der Waals surface area contributed by atoms with Crippen molar-refractivity contribution in [2.45, 2.75) is 26.4 Å². The Morgan fingerprint density at radius 3 is 2.90 bits per heavy atom. The van der Waals surface area contributed by atoms with Gasteiger partial charge in [-0.2, -0.15) is 5.10 Å². The van der Waals surface area contributed by atoms with Crippen LogP contribution in [0, 0.1) is 0 Å². The molecule has 1 aliphatic rings. The van der Waals surface area contributed by atoms with Crippen molar-refractivity contribution in [2.75, 3.05) is 17.2 Å². The van der Waals surface area contributed by atoms with E-state index in [2.05, 4.69) is 18.9 Å². The molecular formula is C15H18N4O2. The van der Waals surface area contributed by atoms with Gasteiger partial charge in [0, 0.05) is 17.9 Å². The van der Waals surface area contributed by atoms with Gasteiger partial charge in [-0.25, -0.2) is 0 Å². The van der Waals surface area contributed by atoms with Crippen LogP contribution in [-0.2, 0) is 11.3 Å². The average Bonchev–Trinajstić information content (AvgIpc) is 2.91. The second-order valence-corrected chi connectivity index (χ2v) is 5.38. The standard InChI is InChI=1S/C15H18N4O2/c1-10(2)19-6-5-12(17-19)8-18-13-7-11(16)3-4-14(13)21-9-15(18)20/h3-7,10H,8-9,16H2,1-2H3. The highest BCUT2D eigenvalue weighted by molar-refractivity contribution is 5.98. The monoisotopic (exact) mass is 286 g/mol. The first kappa shape index (κ1) is 13.5. The molecule has 0 radical (unpaired) electrons. The quantitative estimate of drug-likeness (QED) is 0.875. The zero-order valence-electron chi connectivity index (χ0n) is 12.1. The van der Waals surface area contributed by atoms with Gasteiger partial charge in [-0.3, -0.25) is 14.4 Å². The van der Waals surface area contributed by atoms with E-state index >= 15 is 0 Å². The van der Waals surface area contributed by atoms with Crippen LogP contribution in [0.2, 0.25) is 0 Å². The highest BCUT2D eigenvalue weighted by Gasteiger charge is 2.26. The number of hydrogen-bond donors (Lipinski definition) is 1. The number of amides is 1. The van der Waals surface area contributed by atoms with E-state index in [-0.39, 0.29) is 12.5 Å².